The van der Waals surface area contributed by atoms with Crippen LogP contribution in [0.15, 0.2) is 24.3 Å². The molecule has 0 aromatic carbocycles. The summed E-state index contributed by atoms with van der Waals surface area (Å²) in [5.74, 6) is 2.02. The monoisotopic (exact) mass is 194 g/mol. The van der Waals surface area contributed by atoms with Crippen molar-refractivity contribution in [1.29, 1.82) is 0 Å². The Labute approximate surface area is 90.1 Å². The van der Waals surface area contributed by atoms with Gasteiger partial charge in [-0.2, -0.15) is 0 Å². The molecular weight excluding hydrogens is 168 g/mol. The van der Waals surface area contributed by atoms with Crippen LogP contribution in [-0.4, -0.2) is 0 Å². The van der Waals surface area contributed by atoms with Crippen LogP contribution in [-0.2, 0) is 0 Å². The van der Waals surface area contributed by atoms with E-state index in [1.807, 2.05) is 0 Å². The second-order valence-corrected chi connectivity index (χ2v) is 5.10. The van der Waals surface area contributed by atoms with Gasteiger partial charge in [0.15, 0.2) is 0 Å². The van der Waals surface area contributed by atoms with Gasteiger partial charge in [0.25, 0.3) is 0 Å². The first-order chi connectivity index (χ1) is 6.43. The van der Waals surface area contributed by atoms with Gasteiger partial charge in [-0.05, 0) is 30.6 Å². The molecule has 0 rings (SSSR count). The van der Waals surface area contributed by atoms with Crippen LogP contribution in [0, 0.1) is 17.8 Å². The molecule has 0 spiro atoms. The fourth-order valence-corrected chi connectivity index (χ4v) is 1.40. The zero-order chi connectivity index (χ0) is 11.1. The van der Waals surface area contributed by atoms with E-state index in [-0.39, 0.29) is 0 Å². The Morgan fingerprint density at radius 3 is 2.07 bits per heavy atom. The Kier molecular flexibility index (Phi) is 6.61. The Bertz CT molecular complexity index is 184. The van der Waals surface area contributed by atoms with Gasteiger partial charge in [0.2, 0.25) is 0 Å². The van der Waals surface area contributed by atoms with Crippen LogP contribution in [0.5, 0.6) is 0 Å². The number of rotatable bonds is 6. The lowest BCUT2D eigenvalue weighted by molar-refractivity contribution is 0.604. The molecule has 0 bridgehead atoms. The molecule has 0 saturated carbocycles. The van der Waals surface area contributed by atoms with Crippen LogP contribution in [0.25, 0.3) is 0 Å². The van der Waals surface area contributed by atoms with E-state index in [0.29, 0.717) is 5.92 Å². The van der Waals surface area contributed by atoms with Gasteiger partial charge in [0.05, 0.1) is 0 Å². The molecule has 0 heterocycles. The maximum atomic E-state index is 4.14. The van der Waals surface area contributed by atoms with Gasteiger partial charge in [0.1, 0.15) is 0 Å². The smallest absolute Gasteiger partial charge is 0.00543 e. The van der Waals surface area contributed by atoms with E-state index in [1.54, 1.807) is 0 Å². The first-order valence-corrected chi connectivity index (χ1v) is 5.77. The van der Waals surface area contributed by atoms with E-state index in [9.17, 15) is 0 Å². The van der Waals surface area contributed by atoms with Crippen LogP contribution in [0.2, 0.25) is 0 Å². The van der Waals surface area contributed by atoms with Gasteiger partial charge in [-0.1, -0.05) is 58.9 Å². The quantitative estimate of drug-likeness (QED) is 0.531. The van der Waals surface area contributed by atoms with E-state index in [0.717, 1.165) is 18.3 Å². The third kappa shape index (κ3) is 6.94. The maximum Gasteiger partial charge on any atom is -0.00543 e. The lowest BCUT2D eigenvalue weighted by Crippen LogP contribution is -1.98. The summed E-state index contributed by atoms with van der Waals surface area (Å²) in [7, 11) is 0. The minimum atomic E-state index is 0.538. The zero-order valence-corrected chi connectivity index (χ0v) is 10.5. The van der Waals surface area contributed by atoms with Crippen LogP contribution < -0.4 is 0 Å². The van der Waals surface area contributed by atoms with E-state index in [1.165, 1.54) is 12.0 Å². The second kappa shape index (κ2) is 6.86. The topological polar surface area (TPSA) is 0 Å². The number of hydrogen-bond donors (Lipinski definition) is 0. The highest BCUT2D eigenvalue weighted by molar-refractivity contribution is 5.08. The summed E-state index contributed by atoms with van der Waals surface area (Å²) >= 11 is 0. The van der Waals surface area contributed by atoms with Crippen molar-refractivity contribution >= 4 is 0 Å². The van der Waals surface area contributed by atoms with Crippen molar-refractivity contribution in [3.05, 3.63) is 24.3 Å². The van der Waals surface area contributed by atoms with Crippen LogP contribution >= 0.6 is 0 Å². The van der Waals surface area contributed by atoms with Crippen molar-refractivity contribution in [3.63, 3.8) is 0 Å². The van der Waals surface area contributed by atoms with Gasteiger partial charge in [-0.3, -0.25) is 0 Å². The van der Waals surface area contributed by atoms with Crippen LogP contribution in [0.3, 0.4) is 0 Å². The lowest BCUT2D eigenvalue weighted by Gasteiger charge is -2.13. The summed E-state index contributed by atoms with van der Waals surface area (Å²) in [6.07, 6.45) is 6.91. The Morgan fingerprint density at radius 1 is 1.07 bits per heavy atom. The molecule has 0 radical (unpaired) electrons. The van der Waals surface area contributed by atoms with Crippen molar-refractivity contribution in [2.75, 3.05) is 0 Å². The second-order valence-electron chi connectivity index (χ2n) is 5.10. The molecule has 0 saturated heterocycles. The molecule has 82 valence electrons. The van der Waals surface area contributed by atoms with Crippen molar-refractivity contribution in [2.24, 2.45) is 17.8 Å². The van der Waals surface area contributed by atoms with Gasteiger partial charge < -0.3 is 0 Å². The molecule has 0 amide bonds. The van der Waals surface area contributed by atoms with Gasteiger partial charge in [-0.15, -0.1) is 0 Å². The minimum absolute atomic E-state index is 0.538. The van der Waals surface area contributed by atoms with Crippen molar-refractivity contribution in [1.82, 2.24) is 0 Å². The number of allylic oxidation sites excluding steroid dienone is 3. The molecule has 0 aromatic heterocycles. The number of hydrogen-bond acceptors (Lipinski definition) is 0. The maximum absolute atomic E-state index is 4.14. The summed E-state index contributed by atoms with van der Waals surface area (Å²) in [5, 5.41) is 0. The molecule has 1 atom stereocenters. The minimum Gasteiger partial charge on any atom is -0.0993 e. The van der Waals surface area contributed by atoms with Gasteiger partial charge >= 0.3 is 0 Å². The summed E-state index contributed by atoms with van der Waals surface area (Å²) in [6.45, 7) is 15.4. The van der Waals surface area contributed by atoms with Gasteiger partial charge in [-0.25, -0.2) is 0 Å². The zero-order valence-electron chi connectivity index (χ0n) is 10.5. The highest BCUT2D eigenvalue weighted by Crippen LogP contribution is 2.19. The standard InChI is InChI=1S/C14H26/c1-11(2)8-7-9-13(5)14(6)10-12(3)4/h7,9,11-13H,6,8,10H2,1-5H3. The van der Waals surface area contributed by atoms with E-state index in [4.69, 9.17) is 0 Å². The third-order valence-corrected chi connectivity index (χ3v) is 2.35. The highest BCUT2D eigenvalue weighted by Gasteiger charge is 2.04. The van der Waals surface area contributed by atoms with Crippen molar-refractivity contribution in [3.8, 4) is 0 Å². The van der Waals surface area contributed by atoms with Gasteiger partial charge in [0, 0.05) is 0 Å². The van der Waals surface area contributed by atoms with Crippen LogP contribution in [0.1, 0.15) is 47.5 Å². The summed E-state index contributed by atoms with van der Waals surface area (Å²) in [5.41, 5.74) is 1.36. The summed E-state index contributed by atoms with van der Waals surface area (Å²) in [4.78, 5) is 0. The van der Waals surface area contributed by atoms with Crippen molar-refractivity contribution < 1.29 is 0 Å². The third-order valence-electron chi connectivity index (χ3n) is 2.35. The molecule has 0 aliphatic rings. The predicted octanol–water partition coefficient (Wildman–Crippen LogP) is 4.83. The molecule has 0 heteroatoms. The molecular formula is C14H26. The summed E-state index contributed by atoms with van der Waals surface area (Å²) in [6, 6.07) is 0. The van der Waals surface area contributed by atoms with E-state index < -0.39 is 0 Å². The molecule has 0 N–H and O–H groups in total. The Hall–Kier alpha value is -0.520. The summed E-state index contributed by atoms with van der Waals surface area (Å²) < 4.78 is 0. The molecule has 14 heavy (non-hydrogen) atoms. The normalized spacial score (nSPS) is 14.2. The fraction of sp³-hybridized carbons (Fsp3) is 0.714. The fourth-order valence-electron chi connectivity index (χ4n) is 1.40. The molecule has 0 aromatic rings. The Balaban J connectivity index is 3.88. The average molecular weight is 194 g/mol. The highest BCUT2D eigenvalue weighted by atomic mass is 14.1. The average Bonchev–Trinajstić information content (AvgIpc) is 2.01. The molecule has 0 aliphatic heterocycles. The first kappa shape index (κ1) is 13.5. The Morgan fingerprint density at radius 2 is 1.64 bits per heavy atom. The molecule has 1 unspecified atom stereocenters. The van der Waals surface area contributed by atoms with Crippen molar-refractivity contribution in [2.45, 2.75) is 47.5 Å². The molecule has 0 nitrogen and oxygen atoms in total. The first-order valence-electron chi connectivity index (χ1n) is 5.77. The van der Waals surface area contributed by atoms with E-state index >= 15 is 0 Å². The lowest BCUT2D eigenvalue weighted by atomic mass is 9.93. The van der Waals surface area contributed by atoms with Crippen LogP contribution in [0.4, 0.5) is 0 Å². The SMILES string of the molecule is C=C(CC(C)C)C(C)C=CCC(C)C. The largest absolute Gasteiger partial charge is 0.0993 e. The predicted molar refractivity (Wildman–Crippen MR) is 66.4 cm³/mol. The molecule has 0 fully saturated rings. The molecule has 0 aliphatic carbocycles. The van der Waals surface area contributed by atoms with E-state index in [2.05, 4.69) is 53.3 Å².